The van der Waals surface area contributed by atoms with Crippen LogP contribution in [0, 0.1) is 0 Å². The predicted molar refractivity (Wildman–Crippen MR) is 51.7 cm³/mol. The molecule has 0 aromatic rings. The molecule has 0 heterocycles. The molecule has 1 atom stereocenters. The number of rotatable bonds is 4. The number of halogens is 1. The Hall–Kier alpha value is -0.110. The van der Waals surface area contributed by atoms with Crippen molar-refractivity contribution in [2.75, 3.05) is 6.61 Å². The molecule has 13 heavy (non-hydrogen) atoms. The summed E-state index contributed by atoms with van der Waals surface area (Å²) in [5, 5.41) is 0.689. The largest absolute Gasteiger partial charge is 0.749 e. The maximum atomic E-state index is 11.1. The first kappa shape index (κ1) is 11.0. The van der Waals surface area contributed by atoms with Gasteiger partial charge in [0, 0.05) is 11.0 Å². The first-order valence-corrected chi connectivity index (χ1v) is 5.87. The summed E-state index contributed by atoms with van der Waals surface area (Å²) in [6.07, 6.45) is 3.72. The van der Waals surface area contributed by atoms with E-state index in [1.807, 2.05) is 0 Å². The molecule has 74 valence electrons. The Labute approximate surface area is 84.0 Å². The highest BCUT2D eigenvalue weighted by molar-refractivity contribution is 7.33. The zero-order valence-electron chi connectivity index (χ0n) is 7.59. The predicted octanol–water partition coefficient (Wildman–Crippen LogP) is 3.72. The van der Waals surface area contributed by atoms with E-state index < -0.39 is 8.25 Å². The summed E-state index contributed by atoms with van der Waals surface area (Å²) < 4.78 is 20.9. The van der Waals surface area contributed by atoms with Crippen molar-refractivity contribution in [3.8, 4) is 0 Å². The lowest BCUT2D eigenvalue weighted by molar-refractivity contribution is 0.264. The van der Waals surface area contributed by atoms with Crippen LogP contribution in [0.4, 0.5) is 0 Å². The highest BCUT2D eigenvalue weighted by Gasteiger charge is 2.26. The first-order chi connectivity index (χ1) is 6.24. The molecular weight excluding hydrogens is 211 g/mol. The summed E-state index contributed by atoms with van der Waals surface area (Å²) in [4.78, 5) is 0. The standard InChI is InChI=1S/C8H13ClO3P/c1-2-11-13(10)12-8-6-4-3-5-7(8)9/h2-6H2,1H3/q+1. The van der Waals surface area contributed by atoms with Gasteiger partial charge >= 0.3 is 8.25 Å². The molecule has 1 aliphatic rings. The fraction of sp³-hybridized carbons (Fsp3) is 0.750. The molecule has 0 amide bonds. The average Bonchev–Trinajstić information content (AvgIpc) is 2.09. The summed E-state index contributed by atoms with van der Waals surface area (Å²) in [6, 6.07) is 0. The fourth-order valence-electron chi connectivity index (χ4n) is 1.16. The maximum absolute atomic E-state index is 11.1. The molecule has 1 rings (SSSR count). The van der Waals surface area contributed by atoms with Gasteiger partial charge in [0.1, 0.15) is 6.61 Å². The summed E-state index contributed by atoms with van der Waals surface area (Å²) in [5.41, 5.74) is 0. The molecule has 1 unspecified atom stereocenters. The van der Waals surface area contributed by atoms with Crippen LogP contribution in [0.25, 0.3) is 0 Å². The van der Waals surface area contributed by atoms with Gasteiger partial charge in [-0.05, 0) is 26.2 Å². The van der Waals surface area contributed by atoms with Crippen molar-refractivity contribution in [1.29, 1.82) is 0 Å². The van der Waals surface area contributed by atoms with E-state index in [0.717, 1.165) is 25.7 Å². The van der Waals surface area contributed by atoms with Gasteiger partial charge in [0.2, 0.25) is 0 Å². The van der Waals surface area contributed by atoms with Gasteiger partial charge < -0.3 is 0 Å². The lowest BCUT2D eigenvalue weighted by atomic mass is 10.1. The van der Waals surface area contributed by atoms with Gasteiger partial charge in [0.25, 0.3) is 0 Å². The highest BCUT2D eigenvalue weighted by Crippen LogP contribution is 2.36. The molecule has 0 fully saturated rings. The Morgan fingerprint density at radius 3 is 2.77 bits per heavy atom. The molecule has 0 N–H and O–H groups in total. The Bertz CT molecular complexity index is 227. The van der Waals surface area contributed by atoms with Gasteiger partial charge in [-0.3, -0.25) is 0 Å². The smallest absolute Gasteiger partial charge is 0.233 e. The summed E-state index contributed by atoms with van der Waals surface area (Å²) >= 11 is 5.90. The zero-order valence-corrected chi connectivity index (χ0v) is 9.24. The normalized spacial score (nSPS) is 18.8. The lowest BCUT2D eigenvalue weighted by Crippen LogP contribution is -1.97. The van der Waals surface area contributed by atoms with E-state index >= 15 is 0 Å². The Morgan fingerprint density at radius 1 is 1.46 bits per heavy atom. The number of hydrogen-bond donors (Lipinski definition) is 0. The van der Waals surface area contributed by atoms with Gasteiger partial charge in [-0.2, -0.15) is 0 Å². The van der Waals surface area contributed by atoms with E-state index in [-0.39, 0.29) is 0 Å². The minimum Gasteiger partial charge on any atom is -0.233 e. The third-order valence-electron chi connectivity index (χ3n) is 1.77. The molecule has 3 nitrogen and oxygen atoms in total. The van der Waals surface area contributed by atoms with Gasteiger partial charge in [-0.15, -0.1) is 4.52 Å². The van der Waals surface area contributed by atoms with Gasteiger partial charge in [0.15, 0.2) is 5.76 Å². The second kappa shape index (κ2) is 5.58. The zero-order chi connectivity index (χ0) is 9.68. The van der Waals surface area contributed by atoms with E-state index in [1.165, 1.54) is 0 Å². The lowest BCUT2D eigenvalue weighted by Gasteiger charge is -2.09. The van der Waals surface area contributed by atoms with Crippen molar-refractivity contribution in [3.63, 3.8) is 0 Å². The van der Waals surface area contributed by atoms with E-state index in [2.05, 4.69) is 0 Å². The van der Waals surface area contributed by atoms with Crippen LogP contribution in [-0.4, -0.2) is 6.61 Å². The van der Waals surface area contributed by atoms with E-state index in [9.17, 15) is 4.57 Å². The molecule has 0 aromatic heterocycles. The third kappa shape index (κ3) is 3.63. The van der Waals surface area contributed by atoms with Crippen molar-refractivity contribution in [3.05, 3.63) is 10.8 Å². The topological polar surface area (TPSA) is 35.5 Å². The van der Waals surface area contributed by atoms with Crippen LogP contribution in [0.2, 0.25) is 0 Å². The van der Waals surface area contributed by atoms with E-state index in [1.54, 1.807) is 6.92 Å². The van der Waals surface area contributed by atoms with Crippen LogP contribution in [0.15, 0.2) is 10.8 Å². The SMILES string of the molecule is CCO[P+](=O)OC1=C(Cl)CCCC1. The van der Waals surface area contributed by atoms with E-state index in [0.29, 0.717) is 17.4 Å². The Balaban J connectivity index is 2.46. The van der Waals surface area contributed by atoms with Crippen molar-refractivity contribution in [2.45, 2.75) is 32.6 Å². The minimum absolute atomic E-state index is 0.389. The second-order valence-corrected chi connectivity index (χ2v) is 4.11. The van der Waals surface area contributed by atoms with Gasteiger partial charge in [-0.25, -0.2) is 4.52 Å². The molecule has 1 aliphatic carbocycles. The van der Waals surface area contributed by atoms with Gasteiger partial charge in [0.05, 0.1) is 5.03 Å². The average molecular weight is 224 g/mol. The summed E-state index contributed by atoms with van der Waals surface area (Å²) in [7, 11) is -2.02. The second-order valence-electron chi connectivity index (χ2n) is 2.77. The number of hydrogen-bond acceptors (Lipinski definition) is 3. The van der Waals surface area contributed by atoms with Crippen molar-refractivity contribution < 1.29 is 13.6 Å². The summed E-state index contributed by atoms with van der Waals surface area (Å²) in [5.74, 6) is 0.641. The first-order valence-electron chi connectivity index (χ1n) is 4.39. The Morgan fingerprint density at radius 2 is 2.15 bits per heavy atom. The molecule has 0 saturated heterocycles. The molecular formula is C8H13ClO3P+. The van der Waals surface area contributed by atoms with Crippen molar-refractivity contribution in [1.82, 2.24) is 0 Å². The van der Waals surface area contributed by atoms with Crippen LogP contribution >= 0.6 is 19.9 Å². The van der Waals surface area contributed by atoms with E-state index in [4.69, 9.17) is 20.6 Å². The molecule has 0 aromatic carbocycles. The summed E-state index contributed by atoms with van der Waals surface area (Å²) in [6.45, 7) is 2.16. The maximum Gasteiger partial charge on any atom is 0.749 e. The third-order valence-corrected chi connectivity index (χ3v) is 3.01. The minimum atomic E-state index is -2.02. The van der Waals surface area contributed by atoms with Crippen molar-refractivity contribution >= 4 is 19.9 Å². The molecule has 5 heteroatoms. The van der Waals surface area contributed by atoms with Crippen LogP contribution in [0.1, 0.15) is 32.6 Å². The fourth-order valence-corrected chi connectivity index (χ4v) is 2.12. The highest BCUT2D eigenvalue weighted by atomic mass is 35.5. The molecule has 0 bridgehead atoms. The molecule has 0 spiro atoms. The molecule has 0 radical (unpaired) electrons. The van der Waals surface area contributed by atoms with Gasteiger partial charge in [-0.1, -0.05) is 11.6 Å². The molecule has 0 aliphatic heterocycles. The van der Waals surface area contributed by atoms with Crippen LogP contribution in [0.5, 0.6) is 0 Å². The van der Waals surface area contributed by atoms with Crippen LogP contribution in [0.3, 0.4) is 0 Å². The molecule has 0 saturated carbocycles. The van der Waals surface area contributed by atoms with Crippen molar-refractivity contribution in [2.24, 2.45) is 0 Å². The number of allylic oxidation sites excluding steroid dienone is 2. The van der Waals surface area contributed by atoms with Crippen LogP contribution in [-0.2, 0) is 13.6 Å². The monoisotopic (exact) mass is 223 g/mol. The quantitative estimate of drug-likeness (QED) is 0.682. The van der Waals surface area contributed by atoms with Crippen LogP contribution < -0.4 is 0 Å². The Kier molecular flexibility index (Phi) is 4.71.